The second kappa shape index (κ2) is 10.9. The van der Waals surface area contributed by atoms with Crippen LogP contribution in [0.25, 0.3) is 11.1 Å². The van der Waals surface area contributed by atoms with Crippen LogP contribution in [0.2, 0.25) is 0 Å². The van der Waals surface area contributed by atoms with Crippen LogP contribution in [-0.4, -0.2) is 36.2 Å². The lowest BCUT2D eigenvalue weighted by molar-refractivity contribution is -0.138. The number of fused-ring (bicyclic) bond motifs is 3. The van der Waals surface area contributed by atoms with Gasteiger partial charge in [0.1, 0.15) is 6.61 Å². The number of hydrogen-bond donors (Lipinski definition) is 3. The predicted octanol–water partition coefficient (Wildman–Crippen LogP) is 5.28. The van der Waals surface area contributed by atoms with Gasteiger partial charge >= 0.3 is 12.1 Å². The molecule has 3 N–H and O–H groups in total. The molecule has 3 aromatic carbocycles. The quantitative estimate of drug-likeness (QED) is 0.393. The fourth-order valence-electron chi connectivity index (χ4n) is 4.46. The molecule has 0 spiro atoms. The zero-order valence-electron chi connectivity index (χ0n) is 19.5. The van der Waals surface area contributed by atoms with E-state index in [1.54, 1.807) is 24.3 Å². The number of carbonyl (C=O) groups is 3. The summed E-state index contributed by atoms with van der Waals surface area (Å²) < 4.78 is 5.59. The SMILES string of the molecule is CC(CCNC(=O)c1ccccc1NC(=O)OCC1c2ccccc2-c2ccccc21)CC(=O)O. The summed E-state index contributed by atoms with van der Waals surface area (Å²) in [5.41, 5.74) is 5.21. The number of amides is 2. The molecule has 180 valence electrons. The van der Waals surface area contributed by atoms with Crippen molar-refractivity contribution in [2.45, 2.75) is 25.7 Å². The minimum Gasteiger partial charge on any atom is -0.481 e. The summed E-state index contributed by atoms with van der Waals surface area (Å²) in [6.45, 7) is 2.34. The first-order valence-electron chi connectivity index (χ1n) is 11.6. The molecule has 0 aliphatic heterocycles. The van der Waals surface area contributed by atoms with Crippen molar-refractivity contribution in [3.63, 3.8) is 0 Å². The van der Waals surface area contributed by atoms with Crippen molar-refractivity contribution in [1.82, 2.24) is 5.32 Å². The van der Waals surface area contributed by atoms with Gasteiger partial charge in [-0.25, -0.2) is 4.79 Å². The van der Waals surface area contributed by atoms with Crippen LogP contribution in [0.5, 0.6) is 0 Å². The fraction of sp³-hybridized carbons (Fsp3) is 0.250. The van der Waals surface area contributed by atoms with Crippen molar-refractivity contribution in [3.05, 3.63) is 89.5 Å². The molecule has 3 aromatic rings. The number of hydrogen-bond acceptors (Lipinski definition) is 4. The molecule has 0 fully saturated rings. The van der Waals surface area contributed by atoms with Gasteiger partial charge in [-0.05, 0) is 46.7 Å². The van der Waals surface area contributed by atoms with Crippen LogP contribution < -0.4 is 10.6 Å². The summed E-state index contributed by atoms with van der Waals surface area (Å²) in [7, 11) is 0. The molecule has 0 saturated carbocycles. The lowest BCUT2D eigenvalue weighted by Crippen LogP contribution is -2.27. The van der Waals surface area contributed by atoms with Gasteiger partial charge in [-0.1, -0.05) is 67.6 Å². The maximum atomic E-state index is 12.7. The van der Waals surface area contributed by atoms with Crippen molar-refractivity contribution in [2.24, 2.45) is 5.92 Å². The maximum Gasteiger partial charge on any atom is 0.411 e. The van der Waals surface area contributed by atoms with E-state index in [1.807, 2.05) is 31.2 Å². The van der Waals surface area contributed by atoms with Crippen LogP contribution in [0.4, 0.5) is 10.5 Å². The summed E-state index contributed by atoms with van der Waals surface area (Å²) in [6.07, 6.45) is -0.0438. The normalized spacial score (nSPS) is 12.8. The molecule has 4 rings (SSSR count). The second-order valence-electron chi connectivity index (χ2n) is 8.74. The Labute approximate surface area is 204 Å². The minimum absolute atomic E-state index is 0.0514. The number of carboxylic acids is 1. The molecular weight excluding hydrogens is 444 g/mol. The highest BCUT2D eigenvalue weighted by Gasteiger charge is 2.29. The Kier molecular flexibility index (Phi) is 7.45. The van der Waals surface area contributed by atoms with E-state index < -0.39 is 12.1 Å². The summed E-state index contributed by atoms with van der Waals surface area (Å²) in [5, 5.41) is 14.3. The van der Waals surface area contributed by atoms with Gasteiger partial charge in [0, 0.05) is 18.9 Å². The van der Waals surface area contributed by atoms with Crippen LogP contribution in [-0.2, 0) is 9.53 Å². The van der Waals surface area contributed by atoms with Crippen LogP contribution in [0, 0.1) is 5.92 Å². The van der Waals surface area contributed by atoms with E-state index in [2.05, 4.69) is 34.9 Å². The third-order valence-electron chi connectivity index (χ3n) is 6.20. The van der Waals surface area contributed by atoms with Crippen molar-refractivity contribution in [1.29, 1.82) is 0 Å². The van der Waals surface area contributed by atoms with Gasteiger partial charge in [-0.2, -0.15) is 0 Å². The van der Waals surface area contributed by atoms with Crippen LogP contribution >= 0.6 is 0 Å². The van der Waals surface area contributed by atoms with E-state index in [-0.39, 0.29) is 30.8 Å². The Hall–Kier alpha value is -4.13. The summed E-state index contributed by atoms with van der Waals surface area (Å²) in [6, 6.07) is 22.9. The standard InChI is InChI=1S/C28H28N2O5/c1-18(16-26(31)32)14-15-29-27(33)23-12-6-7-13-25(23)30-28(34)35-17-24-21-10-4-2-8-19(21)20-9-3-5-11-22(20)24/h2-13,18,24H,14-17H2,1H3,(H,29,33)(H,30,34)(H,31,32). The van der Waals surface area contributed by atoms with Gasteiger partial charge < -0.3 is 15.2 Å². The first-order valence-corrected chi connectivity index (χ1v) is 11.6. The third kappa shape index (κ3) is 5.69. The molecule has 0 bridgehead atoms. The molecule has 0 radical (unpaired) electrons. The van der Waals surface area contributed by atoms with E-state index in [4.69, 9.17) is 9.84 Å². The van der Waals surface area contributed by atoms with Crippen molar-refractivity contribution >= 4 is 23.7 Å². The number of carboxylic acid groups (broad SMARTS) is 1. The molecule has 0 heterocycles. The molecule has 1 aliphatic rings. The predicted molar refractivity (Wildman–Crippen MR) is 134 cm³/mol. The van der Waals surface area contributed by atoms with Crippen LogP contribution in [0.1, 0.15) is 47.2 Å². The largest absolute Gasteiger partial charge is 0.481 e. The molecule has 0 aromatic heterocycles. The van der Waals surface area contributed by atoms with Gasteiger partial charge in [-0.15, -0.1) is 0 Å². The molecule has 7 nitrogen and oxygen atoms in total. The van der Waals surface area contributed by atoms with Crippen molar-refractivity contribution in [3.8, 4) is 11.1 Å². The number of para-hydroxylation sites is 1. The number of aliphatic carboxylic acids is 1. The molecule has 1 aliphatic carbocycles. The van der Waals surface area contributed by atoms with E-state index in [1.165, 1.54) is 0 Å². The summed E-state index contributed by atoms with van der Waals surface area (Å²) in [5.74, 6) is -1.31. The summed E-state index contributed by atoms with van der Waals surface area (Å²) in [4.78, 5) is 36.1. The van der Waals surface area contributed by atoms with Crippen molar-refractivity contribution in [2.75, 3.05) is 18.5 Å². The number of carbonyl (C=O) groups excluding carboxylic acids is 2. The highest BCUT2D eigenvalue weighted by atomic mass is 16.5. The molecule has 1 atom stereocenters. The molecule has 2 amide bonds. The number of anilines is 1. The average Bonchev–Trinajstić information content (AvgIpc) is 3.16. The minimum atomic E-state index is -0.860. The van der Waals surface area contributed by atoms with E-state index in [0.717, 1.165) is 22.3 Å². The van der Waals surface area contributed by atoms with E-state index >= 15 is 0 Å². The molecule has 7 heteroatoms. The topological polar surface area (TPSA) is 105 Å². The zero-order chi connectivity index (χ0) is 24.8. The Morgan fingerprint density at radius 2 is 1.51 bits per heavy atom. The molecular formula is C28H28N2O5. The Balaban J connectivity index is 1.36. The van der Waals surface area contributed by atoms with E-state index in [9.17, 15) is 14.4 Å². The Morgan fingerprint density at radius 1 is 0.914 bits per heavy atom. The smallest absolute Gasteiger partial charge is 0.411 e. The fourth-order valence-corrected chi connectivity index (χ4v) is 4.46. The summed E-state index contributed by atoms with van der Waals surface area (Å²) >= 11 is 0. The highest BCUT2D eigenvalue weighted by Crippen LogP contribution is 2.44. The van der Waals surface area contributed by atoms with Crippen LogP contribution in [0.15, 0.2) is 72.8 Å². The first kappa shape index (κ1) is 24.0. The number of rotatable bonds is 9. The monoisotopic (exact) mass is 472 g/mol. The third-order valence-corrected chi connectivity index (χ3v) is 6.20. The lowest BCUT2D eigenvalue weighted by Gasteiger charge is -2.16. The Morgan fingerprint density at radius 3 is 2.17 bits per heavy atom. The average molecular weight is 473 g/mol. The first-order chi connectivity index (χ1) is 16.9. The highest BCUT2D eigenvalue weighted by molar-refractivity contribution is 6.02. The van der Waals surface area contributed by atoms with Gasteiger partial charge in [0.15, 0.2) is 0 Å². The second-order valence-corrected chi connectivity index (χ2v) is 8.74. The molecule has 0 saturated heterocycles. The van der Waals surface area contributed by atoms with Gasteiger partial charge in [0.05, 0.1) is 11.3 Å². The Bertz CT molecular complexity index is 1190. The number of benzene rings is 3. The molecule has 1 unspecified atom stereocenters. The lowest BCUT2D eigenvalue weighted by atomic mass is 9.98. The molecule has 35 heavy (non-hydrogen) atoms. The van der Waals surface area contributed by atoms with Crippen molar-refractivity contribution < 1.29 is 24.2 Å². The van der Waals surface area contributed by atoms with Gasteiger partial charge in [-0.3, -0.25) is 14.9 Å². The zero-order valence-corrected chi connectivity index (χ0v) is 19.5. The van der Waals surface area contributed by atoms with E-state index in [0.29, 0.717) is 24.2 Å². The van der Waals surface area contributed by atoms with Gasteiger partial charge in [0.2, 0.25) is 0 Å². The number of nitrogens with one attached hydrogen (secondary N) is 2. The number of ether oxygens (including phenoxy) is 1. The van der Waals surface area contributed by atoms with Gasteiger partial charge in [0.25, 0.3) is 5.91 Å². The maximum absolute atomic E-state index is 12.7. The van der Waals surface area contributed by atoms with Crippen LogP contribution in [0.3, 0.4) is 0 Å².